The third-order valence-corrected chi connectivity index (χ3v) is 5.15. The molecule has 9 heteroatoms. The molecule has 1 aromatic carbocycles. The Kier molecular flexibility index (Phi) is 7.08. The zero-order chi connectivity index (χ0) is 19.1. The smallest absolute Gasteiger partial charge is 0.277 e. The number of carbonyl (C=O) groups excluding carboxylic acids is 1. The van der Waals surface area contributed by atoms with E-state index >= 15 is 0 Å². The van der Waals surface area contributed by atoms with Gasteiger partial charge in [-0.2, -0.15) is 0 Å². The van der Waals surface area contributed by atoms with E-state index in [1.54, 1.807) is 7.11 Å². The Morgan fingerprint density at radius 3 is 2.74 bits per heavy atom. The van der Waals surface area contributed by atoms with E-state index in [9.17, 15) is 4.79 Å². The summed E-state index contributed by atoms with van der Waals surface area (Å²) in [6.45, 7) is 6.03. The summed E-state index contributed by atoms with van der Waals surface area (Å²) in [4.78, 5) is 14.4. The number of hydrogen-bond donors (Lipinski definition) is 1. The number of thioether (sulfide) groups is 1. The van der Waals surface area contributed by atoms with E-state index in [2.05, 4.69) is 27.3 Å². The van der Waals surface area contributed by atoms with Gasteiger partial charge in [0.2, 0.25) is 11.8 Å². The molecule has 2 aromatic rings. The van der Waals surface area contributed by atoms with Gasteiger partial charge in [-0.05, 0) is 31.2 Å². The van der Waals surface area contributed by atoms with E-state index in [-0.39, 0.29) is 17.7 Å². The normalized spacial score (nSPS) is 16.1. The van der Waals surface area contributed by atoms with E-state index < -0.39 is 0 Å². The molecule has 0 bridgehead atoms. The van der Waals surface area contributed by atoms with Crippen LogP contribution in [0.2, 0.25) is 0 Å². The average molecular weight is 392 g/mol. The lowest BCUT2D eigenvalue weighted by atomic mass is 10.2. The Labute approximate surface area is 162 Å². The third-order valence-electron chi connectivity index (χ3n) is 4.33. The Morgan fingerprint density at radius 2 is 2.04 bits per heavy atom. The number of ether oxygens (including phenoxy) is 2. The van der Waals surface area contributed by atoms with Crippen LogP contribution in [0.4, 0.5) is 0 Å². The average Bonchev–Trinajstić information content (AvgIpc) is 3.20. The second kappa shape index (κ2) is 9.72. The van der Waals surface area contributed by atoms with Crippen LogP contribution in [0.3, 0.4) is 0 Å². The molecule has 1 N–H and O–H groups in total. The van der Waals surface area contributed by atoms with Crippen LogP contribution < -0.4 is 10.1 Å². The van der Waals surface area contributed by atoms with E-state index in [0.717, 1.165) is 37.6 Å². The van der Waals surface area contributed by atoms with Crippen molar-refractivity contribution >= 4 is 17.7 Å². The van der Waals surface area contributed by atoms with Crippen LogP contribution in [0.5, 0.6) is 5.75 Å². The maximum absolute atomic E-state index is 12.1. The van der Waals surface area contributed by atoms with E-state index in [1.807, 2.05) is 24.3 Å². The van der Waals surface area contributed by atoms with Crippen molar-refractivity contribution in [1.29, 1.82) is 0 Å². The van der Waals surface area contributed by atoms with Crippen molar-refractivity contribution < 1.29 is 18.7 Å². The monoisotopic (exact) mass is 392 g/mol. The minimum absolute atomic E-state index is 0.0516. The van der Waals surface area contributed by atoms with Crippen molar-refractivity contribution in [2.75, 3.05) is 45.7 Å². The summed E-state index contributed by atoms with van der Waals surface area (Å²) in [6.07, 6.45) is 0. The quantitative estimate of drug-likeness (QED) is 0.679. The van der Waals surface area contributed by atoms with Gasteiger partial charge in [0.15, 0.2) is 0 Å². The molecule has 1 atom stereocenters. The van der Waals surface area contributed by atoms with Gasteiger partial charge in [0.05, 0.1) is 26.1 Å². The first-order chi connectivity index (χ1) is 13.2. The van der Waals surface area contributed by atoms with Gasteiger partial charge >= 0.3 is 0 Å². The molecule has 3 rings (SSSR count). The van der Waals surface area contributed by atoms with Gasteiger partial charge in [0.25, 0.3) is 5.22 Å². The van der Waals surface area contributed by atoms with Crippen molar-refractivity contribution in [3.63, 3.8) is 0 Å². The van der Waals surface area contributed by atoms with Gasteiger partial charge < -0.3 is 19.2 Å². The zero-order valence-corrected chi connectivity index (χ0v) is 16.3. The number of nitrogens with zero attached hydrogens (tertiary/aromatic N) is 3. The van der Waals surface area contributed by atoms with Gasteiger partial charge in [-0.15, -0.1) is 10.2 Å². The topological polar surface area (TPSA) is 89.7 Å². The predicted molar refractivity (Wildman–Crippen MR) is 102 cm³/mol. The van der Waals surface area contributed by atoms with Gasteiger partial charge in [0.1, 0.15) is 5.75 Å². The molecule has 1 aromatic heterocycles. The molecule has 1 unspecified atom stereocenters. The van der Waals surface area contributed by atoms with Gasteiger partial charge in [-0.1, -0.05) is 11.8 Å². The molecular formula is C18H24N4O4S. The number of nitrogens with one attached hydrogen (secondary N) is 1. The highest BCUT2D eigenvalue weighted by Crippen LogP contribution is 2.24. The minimum Gasteiger partial charge on any atom is -0.497 e. The molecule has 0 aliphatic carbocycles. The summed E-state index contributed by atoms with van der Waals surface area (Å²) in [5.74, 6) is 1.36. The lowest BCUT2D eigenvalue weighted by molar-refractivity contribution is -0.118. The van der Waals surface area contributed by atoms with Gasteiger partial charge in [-0.3, -0.25) is 9.69 Å². The summed E-state index contributed by atoms with van der Waals surface area (Å²) in [5.41, 5.74) is 0.805. The lowest BCUT2D eigenvalue weighted by Gasteiger charge is -2.32. The van der Waals surface area contributed by atoms with Crippen LogP contribution in [0.1, 0.15) is 6.92 Å². The highest BCUT2D eigenvalue weighted by Gasteiger charge is 2.18. The minimum atomic E-state index is -0.0516. The molecule has 1 aliphatic heterocycles. The molecule has 146 valence electrons. The summed E-state index contributed by atoms with van der Waals surface area (Å²) < 4.78 is 16.1. The number of carbonyl (C=O) groups is 1. The van der Waals surface area contributed by atoms with E-state index in [0.29, 0.717) is 17.7 Å². The van der Waals surface area contributed by atoms with Crippen molar-refractivity contribution in [3.05, 3.63) is 24.3 Å². The van der Waals surface area contributed by atoms with Crippen molar-refractivity contribution in [2.24, 2.45) is 0 Å². The largest absolute Gasteiger partial charge is 0.497 e. The molecular weight excluding hydrogens is 368 g/mol. The van der Waals surface area contributed by atoms with E-state index in [1.165, 1.54) is 11.8 Å². The standard InChI is InChI=1S/C18H24N4O4S/c1-13(22-7-9-25-10-8-22)11-19-16(23)12-27-18-21-20-17(26-18)14-3-5-15(24-2)6-4-14/h3-6,13H,7-12H2,1-2H3,(H,19,23). The lowest BCUT2D eigenvalue weighted by Crippen LogP contribution is -2.47. The van der Waals surface area contributed by atoms with Crippen LogP contribution in [-0.2, 0) is 9.53 Å². The van der Waals surface area contributed by atoms with Crippen molar-refractivity contribution in [3.8, 4) is 17.2 Å². The van der Waals surface area contributed by atoms with Crippen molar-refractivity contribution in [2.45, 2.75) is 18.2 Å². The molecule has 1 amide bonds. The summed E-state index contributed by atoms with van der Waals surface area (Å²) >= 11 is 1.23. The van der Waals surface area contributed by atoms with Crippen LogP contribution >= 0.6 is 11.8 Å². The second-order valence-electron chi connectivity index (χ2n) is 6.19. The number of amides is 1. The van der Waals surface area contributed by atoms with Crippen LogP contribution in [0.25, 0.3) is 11.5 Å². The number of morpholine rings is 1. The zero-order valence-electron chi connectivity index (χ0n) is 15.5. The molecule has 1 saturated heterocycles. The van der Waals surface area contributed by atoms with Crippen LogP contribution in [-0.4, -0.2) is 72.8 Å². The highest BCUT2D eigenvalue weighted by molar-refractivity contribution is 7.99. The predicted octanol–water partition coefficient (Wildman–Crippen LogP) is 1.67. The Bertz CT molecular complexity index is 731. The Morgan fingerprint density at radius 1 is 1.30 bits per heavy atom. The van der Waals surface area contributed by atoms with Crippen LogP contribution in [0, 0.1) is 0 Å². The molecule has 0 saturated carbocycles. The first-order valence-corrected chi connectivity index (χ1v) is 9.83. The summed E-state index contributed by atoms with van der Waals surface area (Å²) in [6, 6.07) is 7.64. The third kappa shape index (κ3) is 5.69. The first-order valence-electron chi connectivity index (χ1n) is 8.85. The fraction of sp³-hybridized carbons (Fsp3) is 0.500. The number of rotatable bonds is 8. The van der Waals surface area contributed by atoms with Gasteiger partial charge in [-0.25, -0.2) is 0 Å². The fourth-order valence-corrected chi connectivity index (χ4v) is 3.30. The maximum atomic E-state index is 12.1. The highest BCUT2D eigenvalue weighted by atomic mass is 32.2. The molecule has 1 aliphatic rings. The molecule has 0 radical (unpaired) electrons. The molecule has 0 spiro atoms. The Balaban J connectivity index is 1.43. The number of methoxy groups -OCH3 is 1. The fourth-order valence-electron chi connectivity index (χ4n) is 2.71. The molecule has 1 fully saturated rings. The number of aromatic nitrogens is 2. The second-order valence-corrected chi connectivity index (χ2v) is 7.12. The van der Waals surface area contributed by atoms with E-state index in [4.69, 9.17) is 13.9 Å². The molecule has 2 heterocycles. The number of benzene rings is 1. The maximum Gasteiger partial charge on any atom is 0.277 e. The Hall–Kier alpha value is -2.10. The SMILES string of the molecule is COc1ccc(-c2nnc(SCC(=O)NCC(C)N3CCOCC3)o2)cc1. The summed E-state index contributed by atoms with van der Waals surface area (Å²) in [5, 5.41) is 11.3. The summed E-state index contributed by atoms with van der Waals surface area (Å²) in [7, 11) is 1.61. The first kappa shape index (κ1) is 19.7. The van der Waals surface area contributed by atoms with Gasteiger partial charge in [0, 0.05) is 31.2 Å². The van der Waals surface area contributed by atoms with Crippen molar-refractivity contribution in [1.82, 2.24) is 20.4 Å². The molecule has 8 nitrogen and oxygen atoms in total. The number of hydrogen-bond acceptors (Lipinski definition) is 8. The van der Waals surface area contributed by atoms with Crippen LogP contribution in [0.15, 0.2) is 33.9 Å². The molecule has 27 heavy (non-hydrogen) atoms.